The van der Waals surface area contributed by atoms with Gasteiger partial charge in [0, 0.05) is 24.3 Å². The molecule has 1 atom stereocenters. The molecule has 1 heterocycles. The molecule has 100 valence electrons. The summed E-state index contributed by atoms with van der Waals surface area (Å²) in [5.41, 5.74) is 0. The molecule has 0 radical (unpaired) electrons. The van der Waals surface area contributed by atoms with E-state index in [-0.39, 0.29) is 5.91 Å². The molecule has 0 spiro atoms. The molecule has 4 heteroatoms. The molecule has 0 aliphatic carbocycles. The van der Waals surface area contributed by atoms with Crippen LogP contribution in [0, 0.1) is 0 Å². The standard InChI is InChI=1S/C13H26N2OS/c1-11(2)14-8-5-7-13(16)15-10-12-6-3-4-9-17-12/h11-12,14H,3-10H2,1-2H3,(H,15,16). The largest absolute Gasteiger partial charge is 0.355 e. The van der Waals surface area contributed by atoms with E-state index < -0.39 is 0 Å². The fourth-order valence-corrected chi connectivity index (χ4v) is 3.16. The first-order valence-electron chi connectivity index (χ1n) is 6.80. The van der Waals surface area contributed by atoms with E-state index in [1.165, 1.54) is 25.0 Å². The number of thioether (sulfide) groups is 1. The van der Waals surface area contributed by atoms with Crippen LogP contribution in [0.2, 0.25) is 0 Å². The molecule has 3 nitrogen and oxygen atoms in total. The van der Waals surface area contributed by atoms with Crippen LogP contribution in [-0.4, -0.2) is 36.0 Å². The van der Waals surface area contributed by atoms with Crippen molar-refractivity contribution in [1.29, 1.82) is 0 Å². The number of nitrogens with one attached hydrogen (secondary N) is 2. The minimum atomic E-state index is 0.210. The summed E-state index contributed by atoms with van der Waals surface area (Å²) in [4.78, 5) is 11.6. The Labute approximate surface area is 109 Å². The maximum absolute atomic E-state index is 11.6. The first-order valence-corrected chi connectivity index (χ1v) is 7.85. The van der Waals surface area contributed by atoms with Crippen LogP contribution in [-0.2, 0) is 4.79 Å². The molecule has 0 saturated carbocycles. The predicted molar refractivity (Wildman–Crippen MR) is 75.5 cm³/mol. The van der Waals surface area contributed by atoms with Gasteiger partial charge in [-0.05, 0) is 31.6 Å². The maximum atomic E-state index is 11.6. The lowest BCUT2D eigenvalue weighted by molar-refractivity contribution is -0.121. The summed E-state index contributed by atoms with van der Waals surface area (Å²) in [6.07, 6.45) is 5.51. The van der Waals surface area contributed by atoms with Crippen molar-refractivity contribution in [3.8, 4) is 0 Å². The van der Waals surface area contributed by atoms with E-state index in [0.29, 0.717) is 17.7 Å². The molecule has 0 aromatic heterocycles. The van der Waals surface area contributed by atoms with Crippen molar-refractivity contribution in [1.82, 2.24) is 10.6 Å². The van der Waals surface area contributed by atoms with Gasteiger partial charge in [0.05, 0.1) is 0 Å². The molecule has 1 rings (SSSR count). The second-order valence-electron chi connectivity index (χ2n) is 5.01. The van der Waals surface area contributed by atoms with Crippen molar-refractivity contribution in [2.24, 2.45) is 0 Å². The van der Waals surface area contributed by atoms with Crippen molar-refractivity contribution in [3.63, 3.8) is 0 Å². The third kappa shape index (κ3) is 7.66. The zero-order chi connectivity index (χ0) is 12.5. The molecule has 0 aromatic carbocycles. The van der Waals surface area contributed by atoms with Crippen LogP contribution in [0.5, 0.6) is 0 Å². The Hall–Kier alpha value is -0.220. The van der Waals surface area contributed by atoms with Crippen molar-refractivity contribution in [2.75, 3.05) is 18.8 Å². The molecule has 17 heavy (non-hydrogen) atoms. The van der Waals surface area contributed by atoms with Crippen molar-refractivity contribution in [3.05, 3.63) is 0 Å². The van der Waals surface area contributed by atoms with E-state index >= 15 is 0 Å². The molecule has 1 amide bonds. The third-order valence-corrected chi connectivity index (χ3v) is 4.33. The number of rotatable bonds is 7. The SMILES string of the molecule is CC(C)NCCCC(=O)NCC1CCCCS1. The van der Waals surface area contributed by atoms with Gasteiger partial charge in [0.2, 0.25) is 5.91 Å². The zero-order valence-electron chi connectivity index (χ0n) is 11.1. The highest BCUT2D eigenvalue weighted by Gasteiger charge is 2.14. The lowest BCUT2D eigenvalue weighted by Crippen LogP contribution is -2.32. The quantitative estimate of drug-likeness (QED) is 0.688. The van der Waals surface area contributed by atoms with Crippen LogP contribution in [0.3, 0.4) is 0 Å². The lowest BCUT2D eigenvalue weighted by Gasteiger charge is -2.21. The molecule has 1 unspecified atom stereocenters. The molecular weight excluding hydrogens is 232 g/mol. The Bertz CT molecular complexity index is 215. The van der Waals surface area contributed by atoms with E-state index in [1.807, 2.05) is 11.8 Å². The summed E-state index contributed by atoms with van der Waals surface area (Å²) in [7, 11) is 0. The van der Waals surface area contributed by atoms with Crippen LogP contribution in [0.15, 0.2) is 0 Å². The molecule has 1 aliphatic heterocycles. The molecule has 1 fully saturated rings. The summed E-state index contributed by atoms with van der Waals surface area (Å²) < 4.78 is 0. The van der Waals surface area contributed by atoms with Crippen molar-refractivity contribution in [2.45, 2.75) is 57.2 Å². The van der Waals surface area contributed by atoms with Crippen molar-refractivity contribution < 1.29 is 4.79 Å². The number of amides is 1. The highest BCUT2D eigenvalue weighted by Crippen LogP contribution is 2.24. The highest BCUT2D eigenvalue weighted by molar-refractivity contribution is 7.99. The first-order chi connectivity index (χ1) is 8.18. The second-order valence-corrected chi connectivity index (χ2v) is 6.41. The van der Waals surface area contributed by atoms with Gasteiger partial charge in [-0.1, -0.05) is 20.3 Å². The van der Waals surface area contributed by atoms with Crippen LogP contribution >= 0.6 is 11.8 Å². The van der Waals surface area contributed by atoms with Gasteiger partial charge < -0.3 is 10.6 Å². The first kappa shape index (κ1) is 14.8. The van der Waals surface area contributed by atoms with Gasteiger partial charge in [0.15, 0.2) is 0 Å². The number of hydrogen-bond acceptors (Lipinski definition) is 3. The van der Waals surface area contributed by atoms with E-state index in [4.69, 9.17) is 0 Å². The van der Waals surface area contributed by atoms with Gasteiger partial charge in [-0.25, -0.2) is 0 Å². The van der Waals surface area contributed by atoms with Gasteiger partial charge in [0.25, 0.3) is 0 Å². The van der Waals surface area contributed by atoms with Crippen LogP contribution < -0.4 is 10.6 Å². The Morgan fingerprint density at radius 1 is 1.41 bits per heavy atom. The highest BCUT2D eigenvalue weighted by atomic mass is 32.2. The minimum absolute atomic E-state index is 0.210. The maximum Gasteiger partial charge on any atom is 0.220 e. The van der Waals surface area contributed by atoms with Crippen LogP contribution in [0.25, 0.3) is 0 Å². The van der Waals surface area contributed by atoms with Crippen LogP contribution in [0.4, 0.5) is 0 Å². The number of carbonyl (C=O) groups excluding carboxylic acids is 1. The molecule has 1 saturated heterocycles. The van der Waals surface area contributed by atoms with E-state index in [2.05, 4.69) is 24.5 Å². The molecule has 2 N–H and O–H groups in total. The van der Waals surface area contributed by atoms with Crippen molar-refractivity contribution >= 4 is 17.7 Å². The summed E-state index contributed by atoms with van der Waals surface area (Å²) in [5.74, 6) is 1.47. The van der Waals surface area contributed by atoms with Crippen LogP contribution in [0.1, 0.15) is 46.0 Å². The Morgan fingerprint density at radius 3 is 2.88 bits per heavy atom. The Kier molecular flexibility index (Phi) is 7.69. The number of carbonyl (C=O) groups is 1. The van der Waals surface area contributed by atoms with Gasteiger partial charge >= 0.3 is 0 Å². The topological polar surface area (TPSA) is 41.1 Å². The van der Waals surface area contributed by atoms with E-state index in [0.717, 1.165) is 19.5 Å². The Balaban J connectivity index is 1.96. The molecule has 0 bridgehead atoms. The van der Waals surface area contributed by atoms with E-state index in [1.54, 1.807) is 0 Å². The van der Waals surface area contributed by atoms with Gasteiger partial charge in [-0.3, -0.25) is 4.79 Å². The zero-order valence-corrected chi connectivity index (χ0v) is 11.9. The molecular formula is C13H26N2OS. The average molecular weight is 258 g/mol. The van der Waals surface area contributed by atoms with Gasteiger partial charge in [0.1, 0.15) is 0 Å². The fraction of sp³-hybridized carbons (Fsp3) is 0.923. The third-order valence-electron chi connectivity index (χ3n) is 2.93. The summed E-state index contributed by atoms with van der Waals surface area (Å²) >= 11 is 2.01. The fourth-order valence-electron chi connectivity index (χ4n) is 1.92. The van der Waals surface area contributed by atoms with Gasteiger partial charge in [-0.15, -0.1) is 0 Å². The number of hydrogen-bond donors (Lipinski definition) is 2. The lowest BCUT2D eigenvalue weighted by atomic mass is 10.2. The average Bonchev–Trinajstić information content (AvgIpc) is 2.33. The van der Waals surface area contributed by atoms with Gasteiger partial charge in [-0.2, -0.15) is 11.8 Å². The molecule has 1 aliphatic rings. The smallest absolute Gasteiger partial charge is 0.220 e. The predicted octanol–water partition coefficient (Wildman–Crippen LogP) is 2.17. The molecule has 0 aromatic rings. The minimum Gasteiger partial charge on any atom is -0.355 e. The normalized spacial score (nSPS) is 20.5. The summed E-state index contributed by atoms with van der Waals surface area (Å²) in [6.45, 7) is 6.05. The summed E-state index contributed by atoms with van der Waals surface area (Å²) in [5, 5.41) is 7.03. The Morgan fingerprint density at radius 2 is 2.24 bits per heavy atom. The monoisotopic (exact) mass is 258 g/mol. The second kappa shape index (κ2) is 8.81. The van der Waals surface area contributed by atoms with E-state index in [9.17, 15) is 4.79 Å². The summed E-state index contributed by atoms with van der Waals surface area (Å²) in [6, 6.07) is 0.511.